The van der Waals surface area contributed by atoms with Gasteiger partial charge in [0.15, 0.2) is 5.76 Å². The second-order valence-corrected chi connectivity index (χ2v) is 6.09. The Labute approximate surface area is 162 Å². The van der Waals surface area contributed by atoms with Crippen LogP contribution in [0.25, 0.3) is 11.6 Å². The highest BCUT2D eigenvalue weighted by molar-refractivity contribution is 5.95. The van der Waals surface area contributed by atoms with Crippen LogP contribution in [0.3, 0.4) is 0 Å². The Morgan fingerprint density at radius 2 is 1.86 bits per heavy atom. The Bertz CT molecular complexity index is 912. The van der Waals surface area contributed by atoms with Gasteiger partial charge in [-0.2, -0.15) is 4.98 Å². The molecule has 1 N–H and O–H groups in total. The number of benzene rings is 1. The zero-order valence-corrected chi connectivity index (χ0v) is 15.8. The molecule has 2 amide bonds. The number of hydrogen-bond donors (Lipinski definition) is 1. The lowest BCUT2D eigenvalue weighted by Crippen LogP contribution is -2.30. The van der Waals surface area contributed by atoms with Crippen molar-refractivity contribution in [2.75, 3.05) is 18.4 Å². The number of rotatable bonds is 8. The fourth-order valence-corrected chi connectivity index (χ4v) is 2.70. The van der Waals surface area contributed by atoms with Crippen LogP contribution in [-0.4, -0.2) is 39.9 Å². The SMILES string of the molecule is CCN(CC)C(=O)c1ccc(NC(=O)CCc2nc(-c3ccco3)no2)cc1. The summed E-state index contributed by atoms with van der Waals surface area (Å²) in [6.45, 7) is 5.20. The maximum absolute atomic E-state index is 12.3. The van der Waals surface area contributed by atoms with Crippen LogP contribution in [-0.2, 0) is 11.2 Å². The second kappa shape index (κ2) is 8.98. The number of nitrogens with one attached hydrogen (secondary N) is 1. The Balaban J connectivity index is 1.51. The number of carbonyl (C=O) groups excluding carboxylic acids is 2. The van der Waals surface area contributed by atoms with Crippen LogP contribution in [0, 0.1) is 0 Å². The first-order valence-corrected chi connectivity index (χ1v) is 9.16. The molecule has 3 aromatic rings. The quantitative estimate of drug-likeness (QED) is 0.641. The number of hydrogen-bond acceptors (Lipinski definition) is 6. The van der Waals surface area contributed by atoms with E-state index < -0.39 is 0 Å². The number of anilines is 1. The molecule has 0 saturated heterocycles. The van der Waals surface area contributed by atoms with Crippen LogP contribution in [0.1, 0.15) is 36.5 Å². The lowest BCUT2D eigenvalue weighted by molar-refractivity contribution is -0.116. The van der Waals surface area contributed by atoms with Crippen molar-refractivity contribution in [3.05, 3.63) is 54.1 Å². The summed E-state index contributed by atoms with van der Waals surface area (Å²) in [7, 11) is 0. The van der Waals surface area contributed by atoms with Gasteiger partial charge in [-0.1, -0.05) is 5.16 Å². The Morgan fingerprint density at radius 1 is 1.11 bits per heavy atom. The molecule has 2 aromatic heterocycles. The molecule has 0 atom stereocenters. The van der Waals surface area contributed by atoms with Crippen LogP contribution >= 0.6 is 0 Å². The van der Waals surface area contributed by atoms with Crippen molar-refractivity contribution in [1.82, 2.24) is 15.0 Å². The van der Waals surface area contributed by atoms with E-state index in [0.29, 0.717) is 48.2 Å². The number of nitrogens with zero attached hydrogens (tertiary/aromatic N) is 3. The van der Waals surface area contributed by atoms with Crippen molar-refractivity contribution in [2.45, 2.75) is 26.7 Å². The fraction of sp³-hybridized carbons (Fsp3) is 0.300. The molecule has 0 unspecified atom stereocenters. The average Bonchev–Trinajstić information content (AvgIpc) is 3.39. The lowest BCUT2D eigenvalue weighted by atomic mass is 10.1. The first-order valence-electron chi connectivity index (χ1n) is 9.16. The van der Waals surface area contributed by atoms with Gasteiger partial charge in [0, 0.05) is 37.2 Å². The van der Waals surface area contributed by atoms with E-state index in [1.165, 1.54) is 6.26 Å². The van der Waals surface area contributed by atoms with Gasteiger partial charge in [-0.3, -0.25) is 9.59 Å². The minimum atomic E-state index is -0.180. The van der Waals surface area contributed by atoms with Gasteiger partial charge in [-0.05, 0) is 50.2 Å². The predicted octanol–water partition coefficient (Wildman–Crippen LogP) is 3.38. The molecule has 28 heavy (non-hydrogen) atoms. The molecule has 0 aliphatic carbocycles. The van der Waals surface area contributed by atoms with E-state index in [4.69, 9.17) is 8.94 Å². The first kappa shape index (κ1) is 19.3. The van der Waals surface area contributed by atoms with Gasteiger partial charge in [0.2, 0.25) is 17.6 Å². The molecule has 146 valence electrons. The van der Waals surface area contributed by atoms with Gasteiger partial charge in [0.05, 0.1) is 6.26 Å². The maximum Gasteiger partial charge on any atom is 0.253 e. The molecule has 0 saturated carbocycles. The minimum Gasteiger partial charge on any atom is -0.461 e. The van der Waals surface area contributed by atoms with Crippen molar-refractivity contribution in [3.63, 3.8) is 0 Å². The Morgan fingerprint density at radius 3 is 2.50 bits per heavy atom. The Hall–Kier alpha value is -3.42. The van der Waals surface area contributed by atoms with E-state index in [9.17, 15) is 9.59 Å². The molecule has 0 aliphatic rings. The van der Waals surface area contributed by atoms with Crippen molar-refractivity contribution < 1.29 is 18.5 Å². The summed E-state index contributed by atoms with van der Waals surface area (Å²) in [5.41, 5.74) is 1.22. The first-order chi connectivity index (χ1) is 13.6. The molecular weight excluding hydrogens is 360 g/mol. The maximum atomic E-state index is 12.3. The largest absolute Gasteiger partial charge is 0.461 e. The molecule has 0 fully saturated rings. The third-order valence-electron chi connectivity index (χ3n) is 4.24. The summed E-state index contributed by atoms with van der Waals surface area (Å²) in [4.78, 5) is 30.4. The number of amides is 2. The van der Waals surface area contributed by atoms with Crippen LogP contribution in [0.2, 0.25) is 0 Å². The summed E-state index contributed by atoms with van der Waals surface area (Å²) in [6.07, 6.45) is 2.04. The molecule has 8 heteroatoms. The Kier molecular flexibility index (Phi) is 6.21. The third kappa shape index (κ3) is 4.64. The second-order valence-electron chi connectivity index (χ2n) is 6.09. The number of aromatic nitrogens is 2. The molecule has 3 rings (SSSR count). The van der Waals surface area contributed by atoms with Gasteiger partial charge >= 0.3 is 0 Å². The normalized spacial score (nSPS) is 10.6. The molecule has 2 heterocycles. The molecule has 0 spiro atoms. The summed E-state index contributed by atoms with van der Waals surface area (Å²) < 4.78 is 10.3. The van der Waals surface area contributed by atoms with Crippen LogP contribution in [0.15, 0.2) is 51.6 Å². The van der Waals surface area contributed by atoms with Gasteiger partial charge in [-0.15, -0.1) is 0 Å². The van der Waals surface area contributed by atoms with Crippen molar-refractivity contribution >= 4 is 17.5 Å². The highest BCUT2D eigenvalue weighted by Crippen LogP contribution is 2.17. The standard InChI is InChI=1S/C20H22N4O4/c1-3-24(4-2)20(26)14-7-9-15(10-8-14)21-17(25)11-12-18-22-19(23-28-18)16-6-5-13-27-16/h5-10,13H,3-4,11-12H2,1-2H3,(H,21,25). The van der Waals surface area contributed by atoms with Crippen LogP contribution in [0.5, 0.6) is 0 Å². The highest BCUT2D eigenvalue weighted by atomic mass is 16.5. The van der Waals surface area contributed by atoms with E-state index >= 15 is 0 Å². The smallest absolute Gasteiger partial charge is 0.253 e. The van der Waals surface area contributed by atoms with Crippen molar-refractivity contribution in [1.29, 1.82) is 0 Å². The fourth-order valence-electron chi connectivity index (χ4n) is 2.70. The summed E-state index contributed by atoms with van der Waals surface area (Å²) in [6, 6.07) is 10.3. The third-order valence-corrected chi connectivity index (χ3v) is 4.24. The number of furan rings is 1. The lowest BCUT2D eigenvalue weighted by Gasteiger charge is -2.18. The molecule has 0 bridgehead atoms. The number of aryl methyl sites for hydroxylation is 1. The topological polar surface area (TPSA) is 101 Å². The zero-order chi connectivity index (χ0) is 19.9. The molecule has 1 aromatic carbocycles. The van der Waals surface area contributed by atoms with Crippen LogP contribution < -0.4 is 5.32 Å². The van der Waals surface area contributed by atoms with E-state index in [-0.39, 0.29) is 18.2 Å². The van der Waals surface area contributed by atoms with Gasteiger partial charge in [-0.25, -0.2) is 0 Å². The van der Waals surface area contributed by atoms with E-state index in [0.717, 1.165) is 0 Å². The summed E-state index contributed by atoms with van der Waals surface area (Å²) in [5.74, 6) is 1.03. The average molecular weight is 382 g/mol. The van der Waals surface area contributed by atoms with Crippen molar-refractivity contribution in [2.24, 2.45) is 0 Å². The van der Waals surface area contributed by atoms with Gasteiger partial charge < -0.3 is 19.2 Å². The summed E-state index contributed by atoms with van der Waals surface area (Å²) >= 11 is 0. The molecular formula is C20H22N4O4. The van der Waals surface area contributed by atoms with Crippen LogP contribution in [0.4, 0.5) is 5.69 Å². The van der Waals surface area contributed by atoms with E-state index in [1.54, 1.807) is 41.3 Å². The number of carbonyl (C=O) groups is 2. The van der Waals surface area contributed by atoms with E-state index in [1.807, 2.05) is 13.8 Å². The highest BCUT2D eigenvalue weighted by Gasteiger charge is 2.14. The van der Waals surface area contributed by atoms with Gasteiger partial charge in [0.1, 0.15) is 0 Å². The predicted molar refractivity (Wildman–Crippen MR) is 103 cm³/mol. The molecule has 0 radical (unpaired) electrons. The van der Waals surface area contributed by atoms with Crippen molar-refractivity contribution in [3.8, 4) is 11.6 Å². The zero-order valence-electron chi connectivity index (χ0n) is 15.8. The van der Waals surface area contributed by atoms with Gasteiger partial charge in [0.25, 0.3) is 5.91 Å². The minimum absolute atomic E-state index is 0.0216. The monoisotopic (exact) mass is 382 g/mol. The molecule has 8 nitrogen and oxygen atoms in total. The molecule has 0 aliphatic heterocycles. The summed E-state index contributed by atoms with van der Waals surface area (Å²) in [5, 5.41) is 6.63. The van der Waals surface area contributed by atoms with E-state index in [2.05, 4.69) is 15.5 Å².